The summed E-state index contributed by atoms with van der Waals surface area (Å²) in [5, 5.41) is 17.5. The normalized spacial score (nSPS) is 30.0. The van der Waals surface area contributed by atoms with E-state index in [1.807, 2.05) is 30.3 Å². The van der Waals surface area contributed by atoms with Crippen molar-refractivity contribution in [1.29, 1.82) is 0 Å². The van der Waals surface area contributed by atoms with Crippen LogP contribution in [0.1, 0.15) is 57.1 Å². The van der Waals surface area contributed by atoms with Gasteiger partial charge in [0.25, 0.3) is 0 Å². The summed E-state index contributed by atoms with van der Waals surface area (Å²) in [5.74, 6) is 1.52. The Labute approximate surface area is 162 Å². The van der Waals surface area contributed by atoms with Gasteiger partial charge >= 0.3 is 0 Å². The Kier molecular flexibility index (Phi) is 5.69. The second-order valence-corrected chi connectivity index (χ2v) is 8.28. The van der Waals surface area contributed by atoms with Crippen molar-refractivity contribution >= 4 is 5.96 Å². The standard InChI is InChI=1S/C22H33N3O2/c1-2-23-21(24-14-10-18(26)16-8-4-3-5-9-16)25-19-17-11-15-27-20(17)22(19)12-6-7-13-22/h3-5,8-9,17-20,26H,2,6-7,10-15H2,1H3,(H2,23,24,25). The van der Waals surface area contributed by atoms with Crippen molar-refractivity contribution in [3.63, 3.8) is 0 Å². The Morgan fingerprint density at radius 3 is 2.81 bits per heavy atom. The van der Waals surface area contributed by atoms with E-state index in [1.165, 1.54) is 25.7 Å². The summed E-state index contributed by atoms with van der Waals surface area (Å²) in [4.78, 5) is 4.76. The Morgan fingerprint density at radius 2 is 2.07 bits per heavy atom. The zero-order valence-corrected chi connectivity index (χ0v) is 16.4. The molecule has 1 spiro atoms. The van der Waals surface area contributed by atoms with E-state index in [2.05, 4.69) is 17.6 Å². The van der Waals surface area contributed by atoms with Gasteiger partial charge in [-0.15, -0.1) is 0 Å². The SMILES string of the molecule is CCNC(=NCCC(O)c1ccccc1)NC1C2CCOC2C12CCCC2. The summed E-state index contributed by atoms with van der Waals surface area (Å²) < 4.78 is 6.09. The summed E-state index contributed by atoms with van der Waals surface area (Å²) >= 11 is 0. The number of aliphatic hydroxyl groups is 1. The molecule has 148 valence electrons. The van der Waals surface area contributed by atoms with E-state index in [-0.39, 0.29) is 0 Å². The fraction of sp³-hybridized carbons (Fsp3) is 0.682. The fourth-order valence-corrected chi connectivity index (χ4v) is 5.51. The zero-order chi connectivity index (χ0) is 18.7. The van der Waals surface area contributed by atoms with Crippen LogP contribution in [0.3, 0.4) is 0 Å². The fourth-order valence-electron chi connectivity index (χ4n) is 5.51. The van der Waals surface area contributed by atoms with Crippen molar-refractivity contribution in [2.75, 3.05) is 19.7 Å². The Bertz CT molecular complexity index is 642. The van der Waals surface area contributed by atoms with Crippen LogP contribution in [0.25, 0.3) is 0 Å². The molecule has 3 N–H and O–H groups in total. The van der Waals surface area contributed by atoms with Gasteiger partial charge in [0.1, 0.15) is 0 Å². The van der Waals surface area contributed by atoms with Gasteiger partial charge in [0, 0.05) is 37.1 Å². The van der Waals surface area contributed by atoms with Crippen LogP contribution in [-0.2, 0) is 4.74 Å². The number of nitrogens with zero attached hydrogens (tertiary/aromatic N) is 1. The molecule has 0 amide bonds. The number of hydrogen-bond donors (Lipinski definition) is 3. The van der Waals surface area contributed by atoms with Crippen LogP contribution in [0.15, 0.2) is 35.3 Å². The van der Waals surface area contributed by atoms with Crippen LogP contribution in [-0.4, -0.2) is 42.9 Å². The second kappa shape index (κ2) is 8.19. The monoisotopic (exact) mass is 371 g/mol. The molecule has 27 heavy (non-hydrogen) atoms. The molecule has 1 aromatic carbocycles. The van der Waals surface area contributed by atoms with Gasteiger partial charge in [0.05, 0.1) is 12.2 Å². The molecule has 1 heterocycles. The minimum absolute atomic E-state index is 0.320. The minimum atomic E-state index is -0.463. The first-order valence-electron chi connectivity index (χ1n) is 10.6. The number of rotatable bonds is 6. The lowest BCUT2D eigenvalue weighted by Gasteiger charge is -2.57. The van der Waals surface area contributed by atoms with Crippen molar-refractivity contribution < 1.29 is 9.84 Å². The average molecular weight is 372 g/mol. The van der Waals surface area contributed by atoms with Gasteiger partial charge in [-0.25, -0.2) is 0 Å². The third-order valence-corrected chi connectivity index (χ3v) is 6.78. The number of aliphatic hydroxyl groups excluding tert-OH is 1. The van der Waals surface area contributed by atoms with Gasteiger partial charge in [0.2, 0.25) is 0 Å². The lowest BCUT2D eigenvalue weighted by Crippen LogP contribution is -2.69. The quantitative estimate of drug-likeness (QED) is 0.531. The first-order chi connectivity index (χ1) is 13.2. The van der Waals surface area contributed by atoms with Crippen LogP contribution in [0, 0.1) is 11.3 Å². The highest BCUT2D eigenvalue weighted by Crippen LogP contribution is 2.60. The van der Waals surface area contributed by atoms with Gasteiger partial charge in [-0.1, -0.05) is 43.2 Å². The maximum absolute atomic E-state index is 10.4. The lowest BCUT2D eigenvalue weighted by atomic mass is 9.54. The number of hydrogen-bond acceptors (Lipinski definition) is 3. The summed E-state index contributed by atoms with van der Waals surface area (Å²) in [6.07, 6.45) is 6.98. The lowest BCUT2D eigenvalue weighted by molar-refractivity contribution is -0.125. The second-order valence-electron chi connectivity index (χ2n) is 8.28. The maximum atomic E-state index is 10.4. The molecule has 4 rings (SSSR count). The van der Waals surface area contributed by atoms with E-state index < -0.39 is 6.10 Å². The predicted molar refractivity (Wildman–Crippen MR) is 108 cm³/mol. The number of nitrogens with one attached hydrogen (secondary N) is 2. The van der Waals surface area contributed by atoms with E-state index in [9.17, 15) is 5.11 Å². The highest BCUT2D eigenvalue weighted by atomic mass is 16.5. The van der Waals surface area contributed by atoms with Crippen molar-refractivity contribution in [3.8, 4) is 0 Å². The number of guanidine groups is 1. The first-order valence-corrected chi connectivity index (χ1v) is 10.6. The van der Waals surface area contributed by atoms with E-state index in [0.29, 0.717) is 36.4 Å². The van der Waals surface area contributed by atoms with Crippen molar-refractivity contribution in [2.24, 2.45) is 16.3 Å². The molecular weight excluding hydrogens is 338 g/mol. The molecule has 4 unspecified atom stereocenters. The third-order valence-electron chi connectivity index (χ3n) is 6.78. The molecule has 0 aromatic heterocycles. The highest BCUT2D eigenvalue weighted by molar-refractivity contribution is 5.80. The Morgan fingerprint density at radius 1 is 1.30 bits per heavy atom. The van der Waals surface area contributed by atoms with Crippen LogP contribution < -0.4 is 10.6 Å². The molecule has 3 aliphatic rings. The molecule has 0 radical (unpaired) electrons. The van der Waals surface area contributed by atoms with E-state index in [1.54, 1.807) is 0 Å². The van der Waals surface area contributed by atoms with Crippen molar-refractivity contribution in [2.45, 2.75) is 63.7 Å². The topological polar surface area (TPSA) is 65.9 Å². The van der Waals surface area contributed by atoms with E-state index >= 15 is 0 Å². The van der Waals surface area contributed by atoms with Gasteiger partial charge in [-0.05, 0) is 38.2 Å². The van der Waals surface area contributed by atoms with Gasteiger partial charge < -0.3 is 20.5 Å². The summed E-state index contributed by atoms with van der Waals surface area (Å²) in [5.41, 5.74) is 1.28. The number of ether oxygens (including phenoxy) is 1. The largest absolute Gasteiger partial charge is 0.388 e. The van der Waals surface area contributed by atoms with E-state index in [0.717, 1.165) is 31.1 Å². The van der Waals surface area contributed by atoms with Crippen molar-refractivity contribution in [1.82, 2.24) is 10.6 Å². The third kappa shape index (κ3) is 3.59. The smallest absolute Gasteiger partial charge is 0.191 e. The summed E-state index contributed by atoms with van der Waals surface area (Å²) in [6.45, 7) is 4.46. The van der Waals surface area contributed by atoms with Gasteiger partial charge in [-0.2, -0.15) is 0 Å². The predicted octanol–water partition coefficient (Wildman–Crippen LogP) is 3.01. The molecule has 1 aromatic rings. The van der Waals surface area contributed by atoms with Gasteiger partial charge in [-0.3, -0.25) is 4.99 Å². The zero-order valence-electron chi connectivity index (χ0n) is 16.4. The van der Waals surface area contributed by atoms with Crippen LogP contribution >= 0.6 is 0 Å². The first kappa shape index (κ1) is 18.8. The molecule has 1 aliphatic heterocycles. The van der Waals surface area contributed by atoms with Crippen LogP contribution in [0.2, 0.25) is 0 Å². The molecular formula is C22H33N3O2. The molecule has 0 bridgehead atoms. The Hall–Kier alpha value is -1.59. The number of aliphatic imine (C=N–C) groups is 1. The molecule has 2 aliphatic carbocycles. The average Bonchev–Trinajstić information content (AvgIpc) is 3.35. The summed E-state index contributed by atoms with van der Waals surface area (Å²) in [7, 11) is 0. The molecule has 5 heteroatoms. The number of benzene rings is 1. The molecule has 5 nitrogen and oxygen atoms in total. The molecule has 3 fully saturated rings. The maximum Gasteiger partial charge on any atom is 0.191 e. The molecule has 2 saturated carbocycles. The van der Waals surface area contributed by atoms with E-state index in [4.69, 9.17) is 9.73 Å². The van der Waals surface area contributed by atoms with Crippen molar-refractivity contribution in [3.05, 3.63) is 35.9 Å². The van der Waals surface area contributed by atoms with Crippen LogP contribution in [0.5, 0.6) is 0 Å². The highest BCUT2D eigenvalue weighted by Gasteiger charge is 2.65. The Balaban J connectivity index is 1.38. The minimum Gasteiger partial charge on any atom is -0.388 e. The number of fused-ring (bicyclic) bond motifs is 2. The van der Waals surface area contributed by atoms with Gasteiger partial charge in [0.15, 0.2) is 5.96 Å². The molecule has 4 atom stereocenters. The molecule has 1 saturated heterocycles. The summed E-state index contributed by atoms with van der Waals surface area (Å²) in [6, 6.07) is 10.3. The van der Waals surface area contributed by atoms with Crippen LogP contribution in [0.4, 0.5) is 0 Å².